The number of rotatable bonds is 1. The molecule has 0 saturated heterocycles. The van der Waals surface area contributed by atoms with Crippen molar-refractivity contribution in [2.24, 2.45) is 0 Å². The maximum absolute atomic E-state index is 10.7. The van der Waals surface area contributed by atoms with Gasteiger partial charge >= 0.3 is 57.4 Å². The van der Waals surface area contributed by atoms with Crippen molar-refractivity contribution in [3.05, 3.63) is 29.8 Å². The Morgan fingerprint density at radius 2 is 1.81 bits per heavy atom. The van der Waals surface area contributed by atoms with E-state index in [9.17, 15) is 9.59 Å². The molecule has 0 bridgehead atoms. The van der Waals surface area contributed by atoms with Crippen LogP contribution in [0.3, 0.4) is 0 Å². The molecule has 5 heteroatoms. The number of carbonyl (C=O) groups is 2. The minimum atomic E-state index is -1.17. The number of aliphatic carboxylic acids is 1. The summed E-state index contributed by atoms with van der Waals surface area (Å²) in [5.74, 6) is 3.14. The number of carboxylic acid groups (broad SMARTS) is 1. The van der Waals surface area contributed by atoms with Gasteiger partial charge in [-0.05, 0) is 24.3 Å². The zero-order valence-corrected chi connectivity index (χ0v) is 8.07. The summed E-state index contributed by atoms with van der Waals surface area (Å²) in [6.45, 7) is 1.41. The second-order valence-electron chi connectivity index (χ2n) is 2.81. The second kappa shape index (κ2) is 7.60. The number of hydrogen-bond acceptors (Lipinski definition) is 2. The Bertz CT molecular complexity index is 443. The van der Waals surface area contributed by atoms with Gasteiger partial charge in [0.15, 0.2) is 0 Å². The number of carbonyl (C=O) groups excluding carboxylic acids is 1. The van der Waals surface area contributed by atoms with E-state index in [1.807, 2.05) is 5.92 Å². The molecule has 1 rings (SSSR count). The summed E-state index contributed by atoms with van der Waals surface area (Å²) >= 11 is 0. The Kier molecular flexibility index (Phi) is 7.29. The van der Waals surface area contributed by atoms with Crippen molar-refractivity contribution in [2.75, 3.05) is 5.32 Å². The second-order valence-corrected chi connectivity index (χ2v) is 2.81. The molecule has 0 aromatic heterocycles. The fourth-order valence-electron chi connectivity index (χ4n) is 0.966. The van der Waals surface area contributed by atoms with E-state index in [2.05, 4.69) is 11.2 Å². The Hall–Kier alpha value is -0.644. The summed E-state index contributed by atoms with van der Waals surface area (Å²) in [6.07, 6.45) is 0. The quantitative estimate of drug-likeness (QED) is 0.555. The Morgan fingerprint density at radius 1 is 1.25 bits per heavy atom. The first kappa shape index (κ1) is 15.4. The zero-order chi connectivity index (χ0) is 11.3. The molecule has 1 aromatic carbocycles. The van der Waals surface area contributed by atoms with Gasteiger partial charge < -0.3 is 10.4 Å². The van der Waals surface area contributed by atoms with Gasteiger partial charge in [-0.15, -0.1) is 0 Å². The normalized spacial score (nSPS) is 8.06. The van der Waals surface area contributed by atoms with Gasteiger partial charge in [0, 0.05) is 24.1 Å². The van der Waals surface area contributed by atoms with Crippen molar-refractivity contribution in [3.8, 4) is 11.8 Å². The Labute approximate surface area is 136 Å². The summed E-state index contributed by atoms with van der Waals surface area (Å²) < 4.78 is 0. The third-order valence-corrected chi connectivity index (χ3v) is 1.52. The Balaban J connectivity index is 0.00000225. The molecule has 0 heterocycles. The average Bonchev–Trinajstić information content (AvgIpc) is 2.16. The molecule has 4 nitrogen and oxygen atoms in total. The predicted octanol–water partition coefficient (Wildman–Crippen LogP) is 0.433. The minimum absolute atomic E-state index is 0. The van der Waals surface area contributed by atoms with Crippen molar-refractivity contribution < 1.29 is 14.7 Å². The molecule has 1 amide bonds. The maximum atomic E-state index is 10.7. The van der Waals surface area contributed by atoms with Crippen molar-refractivity contribution >= 4 is 68.9 Å². The summed E-state index contributed by atoms with van der Waals surface area (Å²) in [4.78, 5) is 20.9. The molecule has 0 aliphatic carbocycles. The van der Waals surface area contributed by atoms with E-state index in [1.54, 1.807) is 24.3 Å². The molecule has 0 unspecified atom stereocenters. The molecule has 78 valence electrons. The van der Waals surface area contributed by atoms with Crippen molar-refractivity contribution in [3.63, 3.8) is 0 Å². The predicted molar refractivity (Wildman–Crippen MR) is 62.4 cm³/mol. The van der Waals surface area contributed by atoms with Crippen LogP contribution >= 0.6 is 0 Å². The Morgan fingerprint density at radius 3 is 2.25 bits per heavy atom. The number of amides is 1. The van der Waals surface area contributed by atoms with Crippen molar-refractivity contribution in [2.45, 2.75) is 6.92 Å². The number of carboxylic acids is 1. The molecular weight excluding hydrogens is 233 g/mol. The molecular formula is C11H10KNO3. The van der Waals surface area contributed by atoms with E-state index < -0.39 is 5.97 Å². The van der Waals surface area contributed by atoms with Gasteiger partial charge in [-0.25, -0.2) is 4.79 Å². The molecule has 0 aliphatic heterocycles. The molecule has 1 aromatic rings. The standard InChI is InChI=1S/C11H9NO3.K.H/c1-8(13)12-10-5-2-9(3-6-10)4-7-11(14)15;;/h2-3,5-6H,1H3,(H,12,13)(H,14,15);;. The topological polar surface area (TPSA) is 66.4 Å². The van der Waals surface area contributed by atoms with Crippen LogP contribution in [0.15, 0.2) is 24.3 Å². The van der Waals surface area contributed by atoms with Crippen LogP contribution in [-0.2, 0) is 9.59 Å². The average molecular weight is 243 g/mol. The van der Waals surface area contributed by atoms with Crippen LogP contribution in [-0.4, -0.2) is 68.4 Å². The van der Waals surface area contributed by atoms with E-state index in [4.69, 9.17) is 5.11 Å². The molecule has 0 fully saturated rings. The molecule has 16 heavy (non-hydrogen) atoms. The van der Waals surface area contributed by atoms with E-state index in [1.165, 1.54) is 6.92 Å². The first-order valence-corrected chi connectivity index (χ1v) is 4.20. The van der Waals surface area contributed by atoms with Crippen LogP contribution in [0.5, 0.6) is 0 Å². The van der Waals surface area contributed by atoms with E-state index in [0.717, 1.165) is 0 Å². The van der Waals surface area contributed by atoms with Gasteiger partial charge in [0.05, 0.1) is 0 Å². The molecule has 0 atom stereocenters. The van der Waals surface area contributed by atoms with Crippen LogP contribution < -0.4 is 5.32 Å². The van der Waals surface area contributed by atoms with Crippen LogP contribution in [0.2, 0.25) is 0 Å². The van der Waals surface area contributed by atoms with Crippen molar-refractivity contribution in [1.82, 2.24) is 0 Å². The summed E-state index contributed by atoms with van der Waals surface area (Å²) in [7, 11) is 0. The first-order chi connectivity index (χ1) is 7.08. The summed E-state index contributed by atoms with van der Waals surface area (Å²) in [6, 6.07) is 6.60. The number of nitrogens with one attached hydrogen (secondary N) is 1. The summed E-state index contributed by atoms with van der Waals surface area (Å²) in [5.41, 5.74) is 1.25. The van der Waals surface area contributed by atoms with Crippen LogP contribution in [0, 0.1) is 11.8 Å². The molecule has 0 spiro atoms. The molecule has 0 radical (unpaired) electrons. The third kappa shape index (κ3) is 6.05. The molecule has 0 saturated carbocycles. The fraction of sp³-hybridized carbons (Fsp3) is 0.0909. The third-order valence-electron chi connectivity index (χ3n) is 1.52. The number of hydrogen-bond donors (Lipinski definition) is 2. The first-order valence-electron chi connectivity index (χ1n) is 4.20. The molecule has 0 aliphatic rings. The number of anilines is 1. The van der Waals surface area contributed by atoms with Crippen LogP contribution in [0.25, 0.3) is 0 Å². The van der Waals surface area contributed by atoms with E-state index in [-0.39, 0.29) is 57.3 Å². The van der Waals surface area contributed by atoms with Gasteiger partial charge in [-0.1, -0.05) is 5.92 Å². The zero-order valence-electron chi connectivity index (χ0n) is 8.07. The monoisotopic (exact) mass is 243 g/mol. The van der Waals surface area contributed by atoms with Crippen LogP contribution in [0.1, 0.15) is 12.5 Å². The summed E-state index contributed by atoms with van der Waals surface area (Å²) in [5, 5.41) is 10.9. The van der Waals surface area contributed by atoms with Gasteiger partial charge in [0.25, 0.3) is 0 Å². The fourth-order valence-corrected chi connectivity index (χ4v) is 0.966. The SMILES string of the molecule is CC(=O)Nc1ccc(C#CC(=O)O)cc1.[KH]. The van der Waals surface area contributed by atoms with Gasteiger partial charge in [-0.3, -0.25) is 4.79 Å². The van der Waals surface area contributed by atoms with E-state index >= 15 is 0 Å². The number of benzene rings is 1. The van der Waals surface area contributed by atoms with E-state index in [0.29, 0.717) is 11.3 Å². The van der Waals surface area contributed by atoms with Crippen molar-refractivity contribution in [1.29, 1.82) is 0 Å². The van der Waals surface area contributed by atoms with Gasteiger partial charge in [-0.2, -0.15) is 0 Å². The van der Waals surface area contributed by atoms with Gasteiger partial charge in [0.2, 0.25) is 5.91 Å². The van der Waals surface area contributed by atoms with Gasteiger partial charge in [0.1, 0.15) is 0 Å². The molecule has 2 N–H and O–H groups in total. The van der Waals surface area contributed by atoms with Crippen LogP contribution in [0.4, 0.5) is 5.69 Å².